The Bertz CT molecular complexity index is 364. The standard InChI is InChI=1S/C9H15N5O/c10-7-2-1-6(5-8(7)11)9(15)3-4-14(12)13/h1-2,5H,3-4,10-13H2. The summed E-state index contributed by atoms with van der Waals surface area (Å²) >= 11 is 0. The fraction of sp³-hybridized carbons (Fsp3) is 0.222. The second kappa shape index (κ2) is 4.74. The van der Waals surface area contributed by atoms with Crippen molar-refractivity contribution in [1.29, 1.82) is 0 Å². The molecule has 15 heavy (non-hydrogen) atoms. The van der Waals surface area contributed by atoms with Crippen LogP contribution in [0.15, 0.2) is 18.2 Å². The molecule has 0 aromatic heterocycles. The lowest BCUT2D eigenvalue weighted by Crippen LogP contribution is -2.39. The summed E-state index contributed by atoms with van der Waals surface area (Å²) in [5.41, 5.74) is 12.5. The Morgan fingerprint density at radius 3 is 2.40 bits per heavy atom. The highest BCUT2D eigenvalue weighted by atomic mass is 16.1. The van der Waals surface area contributed by atoms with Crippen molar-refractivity contribution in [2.75, 3.05) is 18.0 Å². The number of nitrogen functional groups attached to an aromatic ring is 2. The molecule has 0 saturated carbocycles. The lowest BCUT2D eigenvalue weighted by atomic mass is 10.1. The number of nitrogens with two attached hydrogens (primary N) is 4. The van der Waals surface area contributed by atoms with Crippen LogP contribution in [0.4, 0.5) is 11.4 Å². The third-order valence-electron chi connectivity index (χ3n) is 2.01. The van der Waals surface area contributed by atoms with Crippen molar-refractivity contribution in [1.82, 2.24) is 5.12 Å². The van der Waals surface area contributed by atoms with Gasteiger partial charge in [0.05, 0.1) is 11.4 Å². The van der Waals surface area contributed by atoms with E-state index < -0.39 is 0 Å². The summed E-state index contributed by atoms with van der Waals surface area (Å²) in [6.45, 7) is 0.295. The van der Waals surface area contributed by atoms with Gasteiger partial charge < -0.3 is 11.5 Å². The van der Waals surface area contributed by atoms with Crippen LogP contribution in [0.1, 0.15) is 16.8 Å². The minimum absolute atomic E-state index is 0.0670. The molecule has 1 aromatic carbocycles. The van der Waals surface area contributed by atoms with Crippen LogP contribution in [0.3, 0.4) is 0 Å². The molecule has 0 saturated heterocycles. The first-order valence-electron chi connectivity index (χ1n) is 4.46. The van der Waals surface area contributed by atoms with Gasteiger partial charge in [0.25, 0.3) is 0 Å². The van der Waals surface area contributed by atoms with Crippen LogP contribution in [0.2, 0.25) is 0 Å². The van der Waals surface area contributed by atoms with E-state index >= 15 is 0 Å². The molecule has 0 radical (unpaired) electrons. The molecule has 1 aromatic rings. The number of Topliss-reactive ketones (excluding diaryl/α,β-unsaturated/α-hetero) is 1. The van der Waals surface area contributed by atoms with Gasteiger partial charge in [-0.3, -0.25) is 16.5 Å². The van der Waals surface area contributed by atoms with Crippen LogP contribution in [0.25, 0.3) is 0 Å². The van der Waals surface area contributed by atoms with Crippen LogP contribution in [-0.2, 0) is 0 Å². The molecule has 0 spiro atoms. The lowest BCUT2D eigenvalue weighted by molar-refractivity contribution is 0.0964. The first-order chi connectivity index (χ1) is 7.00. The molecule has 0 unspecified atom stereocenters. The topological polar surface area (TPSA) is 124 Å². The van der Waals surface area contributed by atoms with Gasteiger partial charge in [-0.2, -0.15) is 5.12 Å². The van der Waals surface area contributed by atoms with E-state index in [0.717, 1.165) is 5.12 Å². The zero-order chi connectivity index (χ0) is 11.4. The Hall–Kier alpha value is -1.63. The Kier molecular flexibility index (Phi) is 3.62. The van der Waals surface area contributed by atoms with Gasteiger partial charge in [-0.05, 0) is 18.2 Å². The van der Waals surface area contributed by atoms with E-state index in [1.165, 1.54) is 0 Å². The molecular formula is C9H15N5O. The monoisotopic (exact) mass is 209 g/mol. The number of ketones is 1. The SMILES string of the molecule is Nc1ccc(C(=O)CCN(N)N)cc1N. The maximum absolute atomic E-state index is 11.6. The molecule has 0 bridgehead atoms. The molecular weight excluding hydrogens is 194 g/mol. The van der Waals surface area contributed by atoms with Crippen LogP contribution in [-0.4, -0.2) is 17.4 Å². The van der Waals surface area contributed by atoms with E-state index in [1.807, 2.05) is 0 Å². The number of nitrogens with zero attached hydrogens (tertiary/aromatic N) is 1. The Morgan fingerprint density at radius 1 is 1.20 bits per heavy atom. The largest absolute Gasteiger partial charge is 0.397 e. The fourth-order valence-electron chi connectivity index (χ4n) is 1.12. The maximum atomic E-state index is 11.6. The van der Waals surface area contributed by atoms with Gasteiger partial charge in [-0.15, -0.1) is 0 Å². The fourth-order valence-corrected chi connectivity index (χ4v) is 1.12. The van der Waals surface area contributed by atoms with Crippen molar-refractivity contribution in [3.05, 3.63) is 23.8 Å². The summed E-state index contributed by atoms with van der Waals surface area (Å²) < 4.78 is 0. The van der Waals surface area contributed by atoms with Crippen LogP contribution in [0, 0.1) is 0 Å². The normalized spacial score (nSPS) is 10.6. The Morgan fingerprint density at radius 2 is 1.87 bits per heavy atom. The molecule has 82 valence electrons. The van der Waals surface area contributed by atoms with E-state index in [4.69, 9.17) is 23.2 Å². The minimum Gasteiger partial charge on any atom is -0.397 e. The number of carbonyl (C=O) groups excluding carboxylic acids is 1. The van der Waals surface area contributed by atoms with Crippen molar-refractivity contribution in [3.8, 4) is 0 Å². The first kappa shape index (κ1) is 11.4. The number of hydrogen-bond acceptors (Lipinski definition) is 6. The molecule has 6 nitrogen and oxygen atoms in total. The van der Waals surface area contributed by atoms with Gasteiger partial charge in [0.2, 0.25) is 0 Å². The number of hydrazine groups is 2. The second-order valence-corrected chi connectivity index (χ2v) is 3.25. The average molecular weight is 209 g/mol. The van der Waals surface area contributed by atoms with E-state index in [9.17, 15) is 4.79 Å². The van der Waals surface area contributed by atoms with Gasteiger partial charge in [0.15, 0.2) is 5.78 Å². The molecule has 8 N–H and O–H groups in total. The highest BCUT2D eigenvalue weighted by Gasteiger charge is 2.07. The summed E-state index contributed by atoms with van der Waals surface area (Å²) in [5.74, 6) is 10.3. The zero-order valence-corrected chi connectivity index (χ0v) is 8.31. The van der Waals surface area contributed by atoms with Gasteiger partial charge >= 0.3 is 0 Å². The molecule has 0 fully saturated rings. The van der Waals surface area contributed by atoms with E-state index in [2.05, 4.69) is 0 Å². The van der Waals surface area contributed by atoms with E-state index in [0.29, 0.717) is 23.5 Å². The second-order valence-electron chi connectivity index (χ2n) is 3.25. The van der Waals surface area contributed by atoms with Crippen LogP contribution in [0.5, 0.6) is 0 Å². The number of benzene rings is 1. The summed E-state index contributed by atoms with van der Waals surface area (Å²) in [4.78, 5) is 11.6. The maximum Gasteiger partial charge on any atom is 0.164 e. The van der Waals surface area contributed by atoms with E-state index in [1.54, 1.807) is 18.2 Å². The van der Waals surface area contributed by atoms with Crippen molar-refractivity contribution >= 4 is 17.2 Å². The highest BCUT2D eigenvalue weighted by Crippen LogP contribution is 2.16. The molecule has 0 aliphatic carbocycles. The molecule has 6 heteroatoms. The van der Waals surface area contributed by atoms with Crippen LogP contribution < -0.4 is 23.2 Å². The average Bonchev–Trinajstić information content (AvgIpc) is 2.18. The quantitative estimate of drug-likeness (QED) is 0.229. The summed E-state index contributed by atoms with van der Waals surface area (Å²) in [6.07, 6.45) is 0.246. The minimum atomic E-state index is -0.0670. The summed E-state index contributed by atoms with van der Waals surface area (Å²) in [6, 6.07) is 4.78. The third-order valence-corrected chi connectivity index (χ3v) is 2.01. The van der Waals surface area contributed by atoms with Gasteiger partial charge in [-0.25, -0.2) is 0 Å². The summed E-state index contributed by atoms with van der Waals surface area (Å²) in [7, 11) is 0. The van der Waals surface area contributed by atoms with Crippen molar-refractivity contribution in [3.63, 3.8) is 0 Å². The Labute approximate surface area is 87.7 Å². The van der Waals surface area contributed by atoms with Gasteiger partial charge in [0.1, 0.15) is 0 Å². The predicted molar refractivity (Wildman–Crippen MR) is 59.3 cm³/mol. The zero-order valence-electron chi connectivity index (χ0n) is 8.31. The molecule has 0 aliphatic rings. The van der Waals surface area contributed by atoms with E-state index in [-0.39, 0.29) is 12.2 Å². The number of carbonyl (C=O) groups is 1. The van der Waals surface area contributed by atoms with Crippen LogP contribution >= 0.6 is 0 Å². The molecule has 0 aliphatic heterocycles. The molecule has 0 atom stereocenters. The lowest BCUT2D eigenvalue weighted by Gasteiger charge is -2.08. The molecule has 0 heterocycles. The molecule has 0 amide bonds. The Balaban J connectivity index is 2.70. The van der Waals surface area contributed by atoms with Gasteiger partial charge in [0, 0.05) is 18.5 Å². The number of hydrogen-bond donors (Lipinski definition) is 4. The summed E-state index contributed by atoms with van der Waals surface area (Å²) in [5, 5.41) is 0.971. The predicted octanol–water partition coefficient (Wildman–Crippen LogP) is -0.527. The van der Waals surface area contributed by atoms with Crippen molar-refractivity contribution < 1.29 is 4.79 Å². The van der Waals surface area contributed by atoms with Crippen molar-refractivity contribution in [2.45, 2.75) is 6.42 Å². The number of rotatable bonds is 4. The highest BCUT2D eigenvalue weighted by molar-refractivity contribution is 5.97. The number of anilines is 2. The molecule has 1 rings (SSSR count). The first-order valence-corrected chi connectivity index (χ1v) is 4.46. The van der Waals surface area contributed by atoms with Gasteiger partial charge in [-0.1, -0.05) is 0 Å². The smallest absolute Gasteiger partial charge is 0.164 e. The van der Waals surface area contributed by atoms with Crippen molar-refractivity contribution in [2.24, 2.45) is 11.7 Å². The third kappa shape index (κ3) is 3.21.